The first-order valence-electron chi connectivity index (χ1n) is 6.73. The normalized spacial score (nSPS) is 11.3. The molecule has 0 aliphatic heterocycles. The van der Waals surface area contributed by atoms with Crippen LogP contribution in [0.2, 0.25) is 6.04 Å². The lowest BCUT2D eigenvalue weighted by atomic mass is 10.4. The lowest BCUT2D eigenvalue weighted by Crippen LogP contribution is -2.43. The molecule has 0 fully saturated rings. The van der Waals surface area contributed by atoms with Crippen LogP contribution in [0.5, 0.6) is 0 Å². The molecule has 10 heteroatoms. The molecule has 0 bridgehead atoms. The van der Waals surface area contributed by atoms with Gasteiger partial charge in [-0.3, -0.25) is 10.1 Å². The predicted octanol–water partition coefficient (Wildman–Crippen LogP) is 0.468. The van der Waals surface area contributed by atoms with E-state index in [1.807, 2.05) is 0 Å². The van der Waals surface area contributed by atoms with E-state index in [0.717, 1.165) is 0 Å². The first-order valence-corrected chi connectivity index (χ1v) is 8.66. The zero-order valence-electron chi connectivity index (χ0n) is 13.2. The number of nitrogens with zero attached hydrogens (tertiary/aromatic N) is 1. The highest BCUT2D eigenvalue weighted by Crippen LogP contribution is 2.14. The molecule has 22 heavy (non-hydrogen) atoms. The fraction of sp³-hybridized carbons (Fsp3) is 0.583. The Balaban J connectivity index is 2.39. The number of hydrogen-bond acceptors (Lipinski definition) is 6. The third kappa shape index (κ3) is 5.56. The van der Waals surface area contributed by atoms with Crippen LogP contribution in [0.3, 0.4) is 0 Å². The number of carbonyl (C=O) groups is 1. The molecule has 124 valence electrons. The van der Waals surface area contributed by atoms with Crippen LogP contribution in [0.4, 0.5) is 10.7 Å². The van der Waals surface area contributed by atoms with Crippen molar-refractivity contribution in [2.75, 3.05) is 33.2 Å². The standard InChI is InChI=1S/C12H22N4O5Si/c1-9-8-10(17)15-11(14-9)16-12(18)13-6-5-7-22(19-2,20-3)21-4/h8H,5-7H2,1-4H3,(H3,13,14,15,16,17,18). The van der Waals surface area contributed by atoms with Gasteiger partial charge in [0.05, 0.1) is 0 Å². The summed E-state index contributed by atoms with van der Waals surface area (Å²) >= 11 is 0. The van der Waals surface area contributed by atoms with E-state index in [-0.39, 0.29) is 5.95 Å². The molecule has 0 aliphatic carbocycles. The van der Waals surface area contributed by atoms with E-state index in [0.29, 0.717) is 24.7 Å². The van der Waals surface area contributed by atoms with Crippen LogP contribution >= 0.6 is 0 Å². The average Bonchev–Trinajstić information content (AvgIpc) is 2.47. The first-order chi connectivity index (χ1) is 10.4. The van der Waals surface area contributed by atoms with Gasteiger partial charge in [0.1, 0.15) is 0 Å². The summed E-state index contributed by atoms with van der Waals surface area (Å²) in [6.45, 7) is 2.11. The fourth-order valence-corrected chi connectivity index (χ4v) is 3.57. The first kappa shape index (κ1) is 18.3. The monoisotopic (exact) mass is 330 g/mol. The topological polar surface area (TPSA) is 115 Å². The van der Waals surface area contributed by atoms with E-state index in [1.165, 1.54) is 6.07 Å². The summed E-state index contributed by atoms with van der Waals surface area (Å²) in [5.41, 5.74) is 0.203. The van der Waals surface area contributed by atoms with Gasteiger partial charge in [-0.2, -0.15) is 4.98 Å². The molecule has 1 heterocycles. The summed E-state index contributed by atoms with van der Waals surface area (Å²) in [4.78, 5) is 29.4. The van der Waals surface area contributed by atoms with Gasteiger partial charge in [-0.05, 0) is 13.3 Å². The van der Waals surface area contributed by atoms with Crippen molar-refractivity contribution >= 4 is 20.8 Å². The van der Waals surface area contributed by atoms with Gasteiger partial charge in [0, 0.05) is 45.7 Å². The summed E-state index contributed by atoms with van der Waals surface area (Å²) in [6.07, 6.45) is 0.632. The lowest BCUT2D eigenvalue weighted by molar-refractivity contribution is 0.123. The molecule has 2 amide bonds. The van der Waals surface area contributed by atoms with Gasteiger partial charge >= 0.3 is 14.8 Å². The van der Waals surface area contributed by atoms with E-state index < -0.39 is 20.4 Å². The molecule has 1 aromatic heterocycles. The zero-order valence-corrected chi connectivity index (χ0v) is 14.2. The van der Waals surface area contributed by atoms with E-state index in [1.54, 1.807) is 28.3 Å². The van der Waals surface area contributed by atoms with Crippen molar-refractivity contribution in [3.63, 3.8) is 0 Å². The molecule has 0 saturated heterocycles. The Labute approximate surface area is 129 Å². The Morgan fingerprint density at radius 2 is 1.95 bits per heavy atom. The van der Waals surface area contributed by atoms with Gasteiger partial charge < -0.3 is 23.6 Å². The average molecular weight is 330 g/mol. The van der Waals surface area contributed by atoms with Gasteiger partial charge in [0.25, 0.3) is 5.56 Å². The van der Waals surface area contributed by atoms with E-state index in [9.17, 15) is 9.59 Å². The van der Waals surface area contributed by atoms with Crippen molar-refractivity contribution in [3.05, 3.63) is 22.1 Å². The summed E-state index contributed by atoms with van der Waals surface area (Å²) in [5.74, 6) is 0.108. The van der Waals surface area contributed by atoms with Crippen LogP contribution in [-0.4, -0.2) is 52.7 Å². The van der Waals surface area contributed by atoms with Gasteiger partial charge in [0.15, 0.2) is 0 Å². The molecule has 0 aliphatic rings. The summed E-state index contributed by atoms with van der Waals surface area (Å²) in [5, 5.41) is 5.12. The molecule has 0 radical (unpaired) electrons. The number of rotatable bonds is 8. The second kappa shape index (κ2) is 8.63. The van der Waals surface area contributed by atoms with Gasteiger partial charge in [-0.1, -0.05) is 0 Å². The molecule has 3 N–H and O–H groups in total. The Bertz CT molecular complexity index is 538. The highest BCUT2D eigenvalue weighted by molar-refractivity contribution is 6.60. The number of carbonyl (C=O) groups excluding carboxylic acids is 1. The number of anilines is 1. The Morgan fingerprint density at radius 3 is 2.50 bits per heavy atom. The number of urea groups is 1. The van der Waals surface area contributed by atoms with Crippen LogP contribution in [-0.2, 0) is 13.3 Å². The third-order valence-electron chi connectivity index (χ3n) is 2.99. The number of aryl methyl sites for hydroxylation is 1. The minimum absolute atomic E-state index is 0.108. The maximum atomic E-state index is 11.7. The van der Waals surface area contributed by atoms with E-state index in [4.69, 9.17) is 13.3 Å². The Morgan fingerprint density at radius 1 is 1.32 bits per heavy atom. The fourth-order valence-electron chi connectivity index (χ4n) is 1.85. The quantitative estimate of drug-likeness (QED) is 0.471. The van der Waals surface area contributed by atoms with Gasteiger partial charge in [0.2, 0.25) is 5.95 Å². The third-order valence-corrected chi connectivity index (χ3v) is 5.82. The number of amides is 2. The van der Waals surface area contributed by atoms with Crippen molar-refractivity contribution in [3.8, 4) is 0 Å². The maximum absolute atomic E-state index is 11.7. The number of H-pyrrole nitrogens is 1. The van der Waals surface area contributed by atoms with Crippen molar-refractivity contribution in [2.45, 2.75) is 19.4 Å². The molecule has 9 nitrogen and oxygen atoms in total. The molecule has 1 aromatic rings. The molecule has 0 atom stereocenters. The summed E-state index contributed by atoms with van der Waals surface area (Å²) < 4.78 is 15.8. The molecular weight excluding hydrogens is 308 g/mol. The minimum atomic E-state index is -2.61. The second-order valence-corrected chi connectivity index (χ2v) is 7.62. The lowest BCUT2D eigenvalue weighted by Gasteiger charge is -2.24. The van der Waals surface area contributed by atoms with Gasteiger partial charge in [-0.15, -0.1) is 0 Å². The van der Waals surface area contributed by atoms with E-state index >= 15 is 0 Å². The Kier molecular flexibility index (Phi) is 7.18. The minimum Gasteiger partial charge on any atom is -0.377 e. The molecule has 0 spiro atoms. The van der Waals surface area contributed by atoms with Crippen molar-refractivity contribution in [1.82, 2.24) is 15.3 Å². The largest absolute Gasteiger partial charge is 0.500 e. The maximum Gasteiger partial charge on any atom is 0.500 e. The smallest absolute Gasteiger partial charge is 0.377 e. The van der Waals surface area contributed by atoms with Crippen LogP contribution in [0.1, 0.15) is 12.1 Å². The number of hydrogen-bond donors (Lipinski definition) is 3. The summed E-state index contributed by atoms with van der Waals surface area (Å²) in [6, 6.07) is 1.47. The van der Waals surface area contributed by atoms with Crippen LogP contribution in [0.15, 0.2) is 10.9 Å². The van der Waals surface area contributed by atoms with E-state index in [2.05, 4.69) is 20.6 Å². The molecule has 1 rings (SSSR count). The van der Waals surface area contributed by atoms with Gasteiger partial charge in [-0.25, -0.2) is 4.79 Å². The van der Waals surface area contributed by atoms with Crippen LogP contribution < -0.4 is 16.2 Å². The highest BCUT2D eigenvalue weighted by atomic mass is 28.4. The zero-order chi connectivity index (χ0) is 16.6. The number of aromatic nitrogens is 2. The number of nitrogens with one attached hydrogen (secondary N) is 3. The second-order valence-electron chi connectivity index (χ2n) is 4.53. The van der Waals surface area contributed by atoms with Crippen molar-refractivity contribution in [1.29, 1.82) is 0 Å². The molecule has 0 saturated carbocycles. The molecule has 0 unspecified atom stereocenters. The Hall–Kier alpha value is -1.75. The summed E-state index contributed by atoms with van der Waals surface area (Å²) in [7, 11) is 2.01. The predicted molar refractivity (Wildman–Crippen MR) is 82.8 cm³/mol. The van der Waals surface area contributed by atoms with Crippen molar-refractivity contribution in [2.24, 2.45) is 0 Å². The van der Waals surface area contributed by atoms with Crippen LogP contribution in [0, 0.1) is 6.92 Å². The molecule has 0 aromatic carbocycles. The van der Waals surface area contributed by atoms with Crippen molar-refractivity contribution < 1.29 is 18.1 Å². The highest BCUT2D eigenvalue weighted by Gasteiger charge is 2.36. The molecular formula is C12H22N4O5Si. The van der Waals surface area contributed by atoms with Crippen LogP contribution in [0.25, 0.3) is 0 Å². The SMILES string of the molecule is CO[Si](CCCNC(=O)Nc1nc(=O)cc(C)[nH]1)(OC)OC. The number of aromatic amines is 1.